The lowest BCUT2D eigenvalue weighted by Crippen LogP contribution is -2.30. The van der Waals surface area contributed by atoms with Crippen LogP contribution in [0.1, 0.15) is 11.9 Å². The molecule has 0 bridgehead atoms. The zero-order valence-corrected chi connectivity index (χ0v) is 14.3. The van der Waals surface area contributed by atoms with Crippen molar-refractivity contribution >= 4 is 22.9 Å². The zero-order valence-electron chi connectivity index (χ0n) is 13.5. The first kappa shape index (κ1) is 16.2. The number of aryl methyl sites for hydroxylation is 1. The molecule has 4 nitrogen and oxygen atoms in total. The van der Waals surface area contributed by atoms with E-state index in [9.17, 15) is 4.79 Å². The summed E-state index contributed by atoms with van der Waals surface area (Å²) in [5, 5.41) is 5.92. The highest BCUT2D eigenvalue weighted by Crippen LogP contribution is 2.29. The third-order valence-corrected chi connectivity index (χ3v) is 4.28. The Labute approximate surface area is 145 Å². The van der Waals surface area contributed by atoms with Gasteiger partial charge in [-0.15, -0.1) is 11.3 Å². The molecule has 0 spiro atoms. The Bertz CT molecular complexity index is 830. The van der Waals surface area contributed by atoms with Crippen molar-refractivity contribution in [1.82, 2.24) is 4.98 Å². The van der Waals surface area contributed by atoms with Gasteiger partial charge in [0.1, 0.15) is 5.75 Å². The fourth-order valence-corrected chi connectivity index (χ4v) is 2.91. The number of aromatic nitrogens is 1. The van der Waals surface area contributed by atoms with Crippen LogP contribution in [0.15, 0.2) is 60.0 Å². The molecule has 3 rings (SSSR count). The Balaban J connectivity index is 1.75. The fourth-order valence-electron chi connectivity index (χ4n) is 2.29. The summed E-state index contributed by atoms with van der Waals surface area (Å²) in [6, 6.07) is 17.0. The summed E-state index contributed by atoms with van der Waals surface area (Å²) in [6.45, 7) is 3.70. The molecule has 0 aliphatic rings. The van der Waals surface area contributed by atoms with Crippen LogP contribution in [-0.4, -0.2) is 17.0 Å². The van der Waals surface area contributed by atoms with E-state index in [0.717, 1.165) is 22.0 Å². The van der Waals surface area contributed by atoms with Gasteiger partial charge in [-0.25, -0.2) is 4.98 Å². The van der Waals surface area contributed by atoms with Gasteiger partial charge >= 0.3 is 0 Å². The monoisotopic (exact) mass is 338 g/mol. The first-order valence-electron chi connectivity index (χ1n) is 7.67. The van der Waals surface area contributed by atoms with Gasteiger partial charge in [0.05, 0.1) is 16.4 Å². The number of thiazole rings is 1. The molecule has 1 amide bonds. The lowest BCUT2D eigenvalue weighted by atomic mass is 10.1. The summed E-state index contributed by atoms with van der Waals surface area (Å²) in [5.74, 6) is 0.474. The number of nitrogens with one attached hydrogen (secondary N) is 1. The molecule has 24 heavy (non-hydrogen) atoms. The van der Waals surface area contributed by atoms with E-state index in [1.54, 1.807) is 18.3 Å². The predicted octanol–water partition coefficient (Wildman–Crippen LogP) is 4.52. The number of benzene rings is 2. The molecule has 122 valence electrons. The van der Waals surface area contributed by atoms with Gasteiger partial charge in [0.2, 0.25) is 0 Å². The minimum Gasteiger partial charge on any atom is -0.481 e. The summed E-state index contributed by atoms with van der Waals surface area (Å²) in [7, 11) is 0. The molecule has 0 fully saturated rings. The van der Waals surface area contributed by atoms with E-state index in [0.29, 0.717) is 5.75 Å². The number of anilines is 1. The molecule has 1 N–H and O–H groups in total. The highest BCUT2D eigenvalue weighted by molar-refractivity contribution is 7.09. The zero-order chi connectivity index (χ0) is 16.9. The number of carbonyl (C=O) groups excluding carboxylic acids is 1. The van der Waals surface area contributed by atoms with Gasteiger partial charge in [0, 0.05) is 10.9 Å². The second-order valence-corrected chi connectivity index (χ2v) is 6.42. The standard InChI is InChI=1S/C19H18N2O2S/c1-13(23-15-8-4-3-5-9-15)19(22)21-17-11-7-6-10-16(17)18-12-24-14(2)20-18/h3-13H,1-2H3,(H,21,22). The number of carbonyl (C=O) groups is 1. The average Bonchev–Trinajstić information content (AvgIpc) is 3.02. The molecule has 0 saturated carbocycles. The van der Waals surface area contributed by atoms with E-state index in [2.05, 4.69) is 10.3 Å². The molecule has 1 aromatic heterocycles. The van der Waals surface area contributed by atoms with Crippen molar-refractivity contribution in [2.45, 2.75) is 20.0 Å². The lowest BCUT2D eigenvalue weighted by Gasteiger charge is -2.16. The van der Waals surface area contributed by atoms with Crippen molar-refractivity contribution < 1.29 is 9.53 Å². The largest absolute Gasteiger partial charge is 0.481 e. The minimum absolute atomic E-state index is 0.196. The summed E-state index contributed by atoms with van der Waals surface area (Å²) in [6.07, 6.45) is -0.599. The Morgan fingerprint density at radius 3 is 2.54 bits per heavy atom. The number of nitrogens with zero attached hydrogens (tertiary/aromatic N) is 1. The maximum Gasteiger partial charge on any atom is 0.265 e. The van der Waals surface area contributed by atoms with E-state index in [1.807, 2.05) is 66.9 Å². The molecule has 1 atom stereocenters. The molecular weight excluding hydrogens is 320 g/mol. The van der Waals surface area contributed by atoms with Gasteiger partial charge < -0.3 is 10.1 Å². The molecule has 3 aromatic rings. The summed E-state index contributed by atoms with van der Waals surface area (Å²) >= 11 is 1.59. The van der Waals surface area contributed by atoms with Crippen molar-refractivity contribution in [2.24, 2.45) is 0 Å². The lowest BCUT2D eigenvalue weighted by molar-refractivity contribution is -0.122. The Kier molecular flexibility index (Phi) is 4.91. The summed E-state index contributed by atoms with van der Waals surface area (Å²) in [5.41, 5.74) is 2.50. The molecule has 1 heterocycles. The molecule has 0 radical (unpaired) electrons. The van der Waals surface area contributed by atoms with E-state index in [-0.39, 0.29) is 5.91 Å². The van der Waals surface area contributed by atoms with Crippen LogP contribution in [0, 0.1) is 6.92 Å². The number of hydrogen-bond acceptors (Lipinski definition) is 4. The van der Waals surface area contributed by atoms with E-state index in [1.165, 1.54) is 0 Å². The van der Waals surface area contributed by atoms with Crippen molar-refractivity contribution in [2.75, 3.05) is 5.32 Å². The SMILES string of the molecule is Cc1nc(-c2ccccc2NC(=O)C(C)Oc2ccccc2)cs1. The molecule has 0 aliphatic carbocycles. The van der Waals surface area contributed by atoms with Gasteiger partial charge in [0.25, 0.3) is 5.91 Å². The Morgan fingerprint density at radius 2 is 1.83 bits per heavy atom. The van der Waals surface area contributed by atoms with E-state index >= 15 is 0 Å². The molecule has 0 saturated heterocycles. The van der Waals surface area contributed by atoms with Crippen molar-refractivity contribution in [1.29, 1.82) is 0 Å². The molecule has 2 aromatic carbocycles. The van der Waals surface area contributed by atoms with Crippen LogP contribution < -0.4 is 10.1 Å². The predicted molar refractivity (Wildman–Crippen MR) is 97.4 cm³/mol. The molecular formula is C19H18N2O2S. The van der Waals surface area contributed by atoms with Gasteiger partial charge in [-0.05, 0) is 32.0 Å². The third kappa shape index (κ3) is 3.81. The number of hydrogen-bond donors (Lipinski definition) is 1. The van der Waals surface area contributed by atoms with Crippen molar-refractivity contribution in [3.8, 4) is 17.0 Å². The van der Waals surface area contributed by atoms with E-state index in [4.69, 9.17) is 4.74 Å². The normalized spacial score (nSPS) is 11.8. The van der Waals surface area contributed by atoms with Crippen LogP contribution in [-0.2, 0) is 4.79 Å². The van der Waals surface area contributed by atoms with Gasteiger partial charge in [-0.3, -0.25) is 4.79 Å². The Morgan fingerprint density at radius 1 is 1.12 bits per heavy atom. The number of rotatable bonds is 5. The Hall–Kier alpha value is -2.66. The molecule has 1 unspecified atom stereocenters. The van der Waals surface area contributed by atoms with Gasteiger partial charge in [-0.1, -0.05) is 36.4 Å². The maximum atomic E-state index is 12.5. The first-order chi connectivity index (χ1) is 11.6. The van der Waals surface area contributed by atoms with Crippen LogP contribution in [0.2, 0.25) is 0 Å². The van der Waals surface area contributed by atoms with Crippen molar-refractivity contribution in [3.05, 3.63) is 65.0 Å². The third-order valence-electron chi connectivity index (χ3n) is 3.51. The molecule has 0 aliphatic heterocycles. The first-order valence-corrected chi connectivity index (χ1v) is 8.55. The van der Waals surface area contributed by atoms with Crippen LogP contribution in [0.4, 0.5) is 5.69 Å². The second-order valence-electron chi connectivity index (χ2n) is 5.36. The van der Waals surface area contributed by atoms with Crippen LogP contribution >= 0.6 is 11.3 Å². The minimum atomic E-state index is -0.599. The maximum absolute atomic E-state index is 12.5. The van der Waals surface area contributed by atoms with Gasteiger partial charge in [-0.2, -0.15) is 0 Å². The number of amides is 1. The average molecular weight is 338 g/mol. The van der Waals surface area contributed by atoms with Crippen LogP contribution in [0.25, 0.3) is 11.3 Å². The molecule has 5 heteroatoms. The second kappa shape index (κ2) is 7.27. The van der Waals surface area contributed by atoms with Crippen molar-refractivity contribution in [3.63, 3.8) is 0 Å². The fraction of sp³-hybridized carbons (Fsp3) is 0.158. The quantitative estimate of drug-likeness (QED) is 0.744. The van der Waals surface area contributed by atoms with E-state index < -0.39 is 6.10 Å². The number of ether oxygens (including phenoxy) is 1. The smallest absolute Gasteiger partial charge is 0.265 e. The van der Waals surface area contributed by atoms with Crippen LogP contribution in [0.3, 0.4) is 0 Å². The van der Waals surface area contributed by atoms with Crippen LogP contribution in [0.5, 0.6) is 5.75 Å². The highest BCUT2D eigenvalue weighted by atomic mass is 32.1. The topological polar surface area (TPSA) is 51.2 Å². The summed E-state index contributed by atoms with van der Waals surface area (Å²) in [4.78, 5) is 16.9. The highest BCUT2D eigenvalue weighted by Gasteiger charge is 2.17. The number of para-hydroxylation sites is 2. The van der Waals surface area contributed by atoms with Gasteiger partial charge in [0.15, 0.2) is 6.10 Å². The summed E-state index contributed by atoms with van der Waals surface area (Å²) < 4.78 is 5.67.